The number of benzene rings is 3. The lowest BCUT2D eigenvalue weighted by Crippen LogP contribution is -2.78. The van der Waals surface area contributed by atoms with E-state index in [9.17, 15) is 88.2 Å². The molecule has 0 aliphatic carbocycles. The molecule has 0 atom stereocenters. The van der Waals surface area contributed by atoms with Crippen molar-refractivity contribution < 1.29 is 115 Å². The highest BCUT2D eigenvalue weighted by molar-refractivity contribution is 8.30. The van der Waals surface area contributed by atoms with Crippen LogP contribution >= 0.6 is 10.3 Å². The van der Waals surface area contributed by atoms with Gasteiger partial charge in [0.1, 0.15) is 5.75 Å². The lowest BCUT2D eigenvalue weighted by molar-refractivity contribution is -0.477. The molecular formula is C36H27F23O3S. The van der Waals surface area contributed by atoms with Crippen molar-refractivity contribution in [1.82, 2.24) is 0 Å². The molecule has 0 bridgehead atoms. The Hall–Kier alpha value is -4.33. The standard InChI is InChI=1S/C36H27F23O3S/c1-2-3-4-11-20-61-21-16-18-24(19-17-21)63(22-12-7-5-8-13-22,23-14-9-6-10-15-23)62-25(60)26(37,38)27(39,40)28(41,42)29(43,44)30(45,46)31(47,48)32(49,50)33(51,52)34(53,54)35(55,56)36(57,58)59/h5-10,12-19H,2-4,11,20H2,1H3. The molecule has 27 heteroatoms. The van der Waals surface area contributed by atoms with E-state index in [4.69, 9.17) is 8.92 Å². The van der Waals surface area contributed by atoms with Gasteiger partial charge < -0.3 is 8.92 Å². The third-order valence-corrected chi connectivity index (χ3v) is 12.1. The van der Waals surface area contributed by atoms with Crippen LogP contribution in [0.1, 0.15) is 32.6 Å². The normalized spacial score (nSPS) is 15.0. The van der Waals surface area contributed by atoms with E-state index in [0.29, 0.717) is 12.8 Å². The monoisotopic (exact) mass is 976 g/mol. The van der Waals surface area contributed by atoms with E-state index in [1.54, 1.807) is 0 Å². The number of rotatable bonds is 20. The summed E-state index contributed by atoms with van der Waals surface area (Å²) in [7, 11) is -4.44. The highest BCUT2D eigenvalue weighted by Gasteiger charge is 2.99. The number of alkyl halides is 23. The molecule has 0 unspecified atom stereocenters. The molecule has 0 amide bonds. The van der Waals surface area contributed by atoms with Gasteiger partial charge in [0.25, 0.3) is 0 Å². The fraction of sp³-hybridized carbons (Fsp3) is 0.472. The number of carbonyl (C=O) groups is 1. The Kier molecular flexibility index (Phi) is 14.5. The number of halogens is 23. The minimum atomic E-state index is -9.57. The predicted octanol–water partition coefficient (Wildman–Crippen LogP) is 14.3. The summed E-state index contributed by atoms with van der Waals surface area (Å²) >= 11 is 0. The van der Waals surface area contributed by atoms with Crippen LogP contribution in [0.4, 0.5) is 101 Å². The summed E-state index contributed by atoms with van der Waals surface area (Å²) in [4.78, 5) is 11.6. The van der Waals surface area contributed by atoms with Crippen molar-refractivity contribution in [2.24, 2.45) is 0 Å². The maximum atomic E-state index is 15.5. The van der Waals surface area contributed by atoms with Gasteiger partial charge in [-0.15, -0.1) is 0 Å². The molecule has 0 saturated heterocycles. The maximum absolute atomic E-state index is 15.5. The maximum Gasteiger partial charge on any atom is 0.460 e. The zero-order valence-corrected chi connectivity index (χ0v) is 31.8. The molecule has 0 radical (unpaired) electrons. The summed E-state index contributed by atoms with van der Waals surface area (Å²) in [6.45, 7) is 1.99. The molecule has 3 aromatic rings. The summed E-state index contributed by atoms with van der Waals surface area (Å²) < 4.78 is 335. The first-order valence-electron chi connectivity index (χ1n) is 17.1. The first-order valence-corrected chi connectivity index (χ1v) is 18.7. The molecule has 0 heterocycles. The molecule has 356 valence electrons. The SMILES string of the molecule is CCCCCCOc1ccc(S(OC(=O)C(F)(F)C(F)(F)C(F)(F)C(F)(F)C(F)(F)C(F)(F)C(F)(F)C(F)(F)C(F)(F)C(F)(F)C(F)(F)F)(c2ccccc2)c2ccccc2)cc1. The Balaban J connectivity index is 2.20. The molecule has 0 aliphatic heterocycles. The molecule has 3 aromatic carbocycles. The van der Waals surface area contributed by atoms with Gasteiger partial charge in [-0.2, -0.15) is 101 Å². The third kappa shape index (κ3) is 8.20. The van der Waals surface area contributed by atoms with Crippen LogP contribution in [0.2, 0.25) is 0 Å². The van der Waals surface area contributed by atoms with Gasteiger partial charge in [-0.3, -0.25) is 0 Å². The second-order valence-electron chi connectivity index (χ2n) is 13.2. The molecule has 0 N–H and O–H groups in total. The molecule has 0 aliphatic rings. The first-order chi connectivity index (χ1) is 28.4. The molecule has 0 fully saturated rings. The van der Waals surface area contributed by atoms with Gasteiger partial charge in [-0.1, -0.05) is 62.6 Å². The van der Waals surface area contributed by atoms with Crippen LogP contribution in [0.5, 0.6) is 5.75 Å². The average Bonchev–Trinajstić information content (AvgIpc) is 3.19. The zero-order valence-electron chi connectivity index (χ0n) is 30.9. The Morgan fingerprint density at radius 1 is 0.429 bits per heavy atom. The van der Waals surface area contributed by atoms with Gasteiger partial charge in [0.15, 0.2) is 0 Å². The van der Waals surface area contributed by atoms with Crippen LogP contribution in [-0.2, 0) is 8.98 Å². The lowest BCUT2D eigenvalue weighted by Gasteiger charge is -2.45. The minimum absolute atomic E-state index is 0.0218. The zero-order chi connectivity index (χ0) is 48.7. The molecule has 63 heavy (non-hydrogen) atoms. The number of carbonyl (C=O) groups excluding carboxylic acids is 1. The largest absolute Gasteiger partial charge is 0.494 e. The van der Waals surface area contributed by atoms with Crippen molar-refractivity contribution in [3.63, 3.8) is 0 Å². The highest BCUT2D eigenvalue weighted by Crippen LogP contribution is 2.71. The number of hydrogen-bond acceptors (Lipinski definition) is 3. The quantitative estimate of drug-likeness (QED) is 0.0836. The van der Waals surface area contributed by atoms with Gasteiger partial charge in [0.2, 0.25) is 0 Å². The number of unbranched alkanes of at least 4 members (excludes halogenated alkanes) is 3. The highest BCUT2D eigenvalue weighted by atomic mass is 32.3. The number of ether oxygens (including phenoxy) is 1. The van der Waals surface area contributed by atoms with Gasteiger partial charge >= 0.3 is 71.4 Å². The Morgan fingerprint density at radius 3 is 1.11 bits per heavy atom. The van der Waals surface area contributed by atoms with Crippen LogP contribution in [0.15, 0.2) is 99.6 Å². The van der Waals surface area contributed by atoms with Crippen molar-refractivity contribution in [2.75, 3.05) is 6.61 Å². The summed E-state index contributed by atoms with van der Waals surface area (Å²) in [5.41, 5.74) is 0. The van der Waals surface area contributed by atoms with E-state index in [0.717, 1.165) is 85.6 Å². The molecule has 0 aromatic heterocycles. The van der Waals surface area contributed by atoms with E-state index in [1.165, 1.54) is 12.1 Å². The molecule has 0 saturated carbocycles. The smallest absolute Gasteiger partial charge is 0.460 e. The predicted molar refractivity (Wildman–Crippen MR) is 173 cm³/mol. The molecule has 3 rings (SSSR count). The van der Waals surface area contributed by atoms with Crippen LogP contribution < -0.4 is 4.74 Å². The molecule has 3 nitrogen and oxygen atoms in total. The van der Waals surface area contributed by atoms with E-state index >= 15 is 17.6 Å². The average molecular weight is 977 g/mol. The second kappa shape index (κ2) is 17.2. The lowest BCUT2D eigenvalue weighted by atomic mass is 9.85. The summed E-state index contributed by atoms with van der Waals surface area (Å²) in [6.07, 6.45) is -5.31. The topological polar surface area (TPSA) is 35.5 Å². The van der Waals surface area contributed by atoms with Crippen molar-refractivity contribution in [2.45, 2.75) is 113 Å². The first kappa shape index (κ1) is 53.0. The van der Waals surface area contributed by atoms with E-state index in [-0.39, 0.29) is 12.4 Å². The fourth-order valence-electron chi connectivity index (χ4n) is 5.27. The van der Waals surface area contributed by atoms with Crippen LogP contribution in [0.25, 0.3) is 0 Å². The molecular weight excluding hydrogens is 949 g/mol. The summed E-state index contributed by atoms with van der Waals surface area (Å²) in [5, 5.41) is 0. The van der Waals surface area contributed by atoms with Crippen LogP contribution in [-0.4, -0.2) is 78.0 Å². The second-order valence-corrected chi connectivity index (χ2v) is 15.9. The van der Waals surface area contributed by atoms with Gasteiger partial charge in [-0.05, 0) is 65.3 Å². The third-order valence-electron chi connectivity index (χ3n) is 8.93. The van der Waals surface area contributed by atoms with Crippen molar-refractivity contribution in [1.29, 1.82) is 0 Å². The number of hydrogen-bond donors (Lipinski definition) is 0. The Bertz CT molecular complexity index is 1970. The van der Waals surface area contributed by atoms with Crippen LogP contribution in [0, 0.1) is 0 Å². The summed E-state index contributed by atoms with van der Waals surface area (Å²) in [6, 6.07) is 14.6. The van der Waals surface area contributed by atoms with Crippen molar-refractivity contribution >= 4 is 16.3 Å². The van der Waals surface area contributed by atoms with Gasteiger partial charge in [-0.25, -0.2) is 4.79 Å². The van der Waals surface area contributed by atoms with E-state index in [1.807, 2.05) is 6.92 Å². The Morgan fingerprint density at radius 2 is 0.762 bits per heavy atom. The van der Waals surface area contributed by atoms with E-state index in [2.05, 4.69) is 0 Å². The minimum Gasteiger partial charge on any atom is -0.494 e. The summed E-state index contributed by atoms with van der Waals surface area (Å²) in [5.74, 6) is -94.6. The molecule has 0 spiro atoms. The van der Waals surface area contributed by atoms with Gasteiger partial charge in [0.05, 0.1) is 6.61 Å². The van der Waals surface area contributed by atoms with Gasteiger partial charge in [0, 0.05) is 14.7 Å². The van der Waals surface area contributed by atoms with Crippen LogP contribution in [0.3, 0.4) is 0 Å². The Labute approximate surface area is 341 Å². The van der Waals surface area contributed by atoms with E-state index < -0.39 is 96.4 Å². The fourth-order valence-corrected chi connectivity index (χ4v) is 8.31. The van der Waals surface area contributed by atoms with Crippen molar-refractivity contribution in [3.05, 3.63) is 84.9 Å². The van der Waals surface area contributed by atoms with Crippen molar-refractivity contribution in [3.8, 4) is 5.75 Å².